The minimum atomic E-state index is -0.974. The molecule has 0 heterocycles. The summed E-state index contributed by atoms with van der Waals surface area (Å²) in [5, 5.41) is 19.1. The summed E-state index contributed by atoms with van der Waals surface area (Å²) in [5.41, 5.74) is -0.264. The molecular formula is C10H11FO2. The Morgan fingerprint density at radius 3 is 2.54 bits per heavy atom. The molecule has 70 valence electrons. The van der Waals surface area contributed by atoms with E-state index in [0.29, 0.717) is 24.0 Å². The maximum atomic E-state index is 13.1. The normalized spacial score (nSPS) is 18.7. The number of aromatic hydroxyl groups is 1. The van der Waals surface area contributed by atoms with Gasteiger partial charge in [-0.25, -0.2) is 4.39 Å². The van der Waals surface area contributed by atoms with Crippen LogP contribution in [0.2, 0.25) is 0 Å². The summed E-state index contributed by atoms with van der Waals surface area (Å²) in [6, 6.07) is 2.57. The fourth-order valence-corrected chi connectivity index (χ4v) is 1.43. The first kappa shape index (κ1) is 8.51. The van der Waals surface area contributed by atoms with Crippen molar-refractivity contribution in [3.8, 4) is 5.75 Å². The van der Waals surface area contributed by atoms with Crippen LogP contribution >= 0.6 is 0 Å². The van der Waals surface area contributed by atoms with E-state index in [0.717, 1.165) is 0 Å². The second-order valence-corrected chi connectivity index (χ2v) is 3.65. The number of aryl methyl sites for hydroxylation is 1. The lowest BCUT2D eigenvalue weighted by Crippen LogP contribution is -2.05. The van der Waals surface area contributed by atoms with Gasteiger partial charge in [0.15, 0.2) is 0 Å². The van der Waals surface area contributed by atoms with E-state index < -0.39 is 5.60 Å². The minimum Gasteiger partial charge on any atom is -0.508 e. The van der Waals surface area contributed by atoms with Crippen LogP contribution in [0.25, 0.3) is 0 Å². The molecule has 0 saturated heterocycles. The van der Waals surface area contributed by atoms with Gasteiger partial charge in [-0.3, -0.25) is 0 Å². The molecule has 0 aromatic heterocycles. The molecule has 0 bridgehead atoms. The maximum Gasteiger partial charge on any atom is 0.126 e. The van der Waals surface area contributed by atoms with Gasteiger partial charge >= 0.3 is 0 Å². The van der Waals surface area contributed by atoms with Crippen LogP contribution in [-0.2, 0) is 5.60 Å². The molecule has 0 aliphatic heterocycles. The number of aliphatic hydroxyl groups is 1. The summed E-state index contributed by atoms with van der Waals surface area (Å²) in [6.45, 7) is 1.58. The molecule has 1 saturated carbocycles. The molecule has 1 aliphatic rings. The van der Waals surface area contributed by atoms with Crippen molar-refractivity contribution < 1.29 is 14.6 Å². The highest BCUT2D eigenvalue weighted by Gasteiger charge is 2.44. The average molecular weight is 182 g/mol. The van der Waals surface area contributed by atoms with Crippen molar-refractivity contribution >= 4 is 0 Å². The van der Waals surface area contributed by atoms with Gasteiger partial charge in [-0.2, -0.15) is 0 Å². The zero-order chi connectivity index (χ0) is 9.64. The second-order valence-electron chi connectivity index (χ2n) is 3.65. The Morgan fingerprint density at radius 1 is 1.38 bits per heavy atom. The third kappa shape index (κ3) is 1.29. The van der Waals surface area contributed by atoms with Crippen molar-refractivity contribution in [3.05, 3.63) is 29.1 Å². The SMILES string of the molecule is Cc1cc(O)c(C2(O)CC2)cc1F. The molecule has 1 aromatic carbocycles. The van der Waals surface area contributed by atoms with Crippen LogP contribution in [0.1, 0.15) is 24.0 Å². The third-order valence-electron chi connectivity index (χ3n) is 2.50. The number of hydrogen-bond acceptors (Lipinski definition) is 2. The van der Waals surface area contributed by atoms with Gasteiger partial charge in [0.1, 0.15) is 11.6 Å². The fraction of sp³-hybridized carbons (Fsp3) is 0.400. The van der Waals surface area contributed by atoms with Gasteiger partial charge < -0.3 is 10.2 Å². The zero-order valence-electron chi connectivity index (χ0n) is 7.34. The summed E-state index contributed by atoms with van der Waals surface area (Å²) in [7, 11) is 0. The summed E-state index contributed by atoms with van der Waals surface area (Å²) in [4.78, 5) is 0. The molecule has 1 fully saturated rings. The summed E-state index contributed by atoms with van der Waals surface area (Å²) >= 11 is 0. The lowest BCUT2D eigenvalue weighted by Gasteiger charge is -2.11. The molecule has 3 heteroatoms. The Bertz CT molecular complexity index is 356. The van der Waals surface area contributed by atoms with E-state index in [4.69, 9.17) is 0 Å². The van der Waals surface area contributed by atoms with Gasteiger partial charge in [-0.1, -0.05) is 0 Å². The molecular weight excluding hydrogens is 171 g/mol. The van der Waals surface area contributed by atoms with Crippen molar-refractivity contribution in [2.75, 3.05) is 0 Å². The second kappa shape index (κ2) is 2.45. The van der Waals surface area contributed by atoms with Gasteiger partial charge in [0.25, 0.3) is 0 Å². The first-order valence-corrected chi connectivity index (χ1v) is 4.25. The highest BCUT2D eigenvalue weighted by molar-refractivity contribution is 5.43. The van der Waals surface area contributed by atoms with Crippen molar-refractivity contribution in [1.82, 2.24) is 0 Å². The lowest BCUT2D eigenvalue weighted by atomic mass is 10.0. The summed E-state index contributed by atoms with van der Waals surface area (Å²) < 4.78 is 13.1. The standard InChI is InChI=1S/C10H11FO2/c1-6-4-9(12)7(5-8(6)11)10(13)2-3-10/h4-5,12-13H,2-3H2,1H3. The Hall–Kier alpha value is -1.09. The summed E-state index contributed by atoms with van der Waals surface area (Å²) in [5.74, 6) is -0.396. The molecule has 0 amide bonds. The van der Waals surface area contributed by atoms with E-state index in [9.17, 15) is 14.6 Å². The van der Waals surface area contributed by atoms with Crippen LogP contribution in [0.15, 0.2) is 12.1 Å². The quantitative estimate of drug-likeness (QED) is 0.695. The van der Waals surface area contributed by atoms with E-state index in [1.165, 1.54) is 12.1 Å². The predicted octanol–water partition coefficient (Wildman–Crippen LogP) is 1.82. The maximum absolute atomic E-state index is 13.1. The molecule has 0 spiro atoms. The first-order valence-electron chi connectivity index (χ1n) is 4.25. The molecule has 0 unspecified atom stereocenters. The van der Waals surface area contributed by atoms with Crippen LogP contribution in [0.3, 0.4) is 0 Å². The number of phenols is 1. The number of hydrogen-bond donors (Lipinski definition) is 2. The van der Waals surface area contributed by atoms with Crippen LogP contribution in [0, 0.1) is 12.7 Å². The Kier molecular flexibility index (Phi) is 1.60. The van der Waals surface area contributed by atoms with Gasteiger partial charge in [0.2, 0.25) is 0 Å². The molecule has 2 N–H and O–H groups in total. The highest BCUT2D eigenvalue weighted by Crippen LogP contribution is 2.48. The van der Waals surface area contributed by atoms with E-state index in [1.807, 2.05) is 0 Å². The molecule has 13 heavy (non-hydrogen) atoms. The molecule has 2 nitrogen and oxygen atoms in total. The predicted molar refractivity (Wildman–Crippen MR) is 45.9 cm³/mol. The molecule has 0 radical (unpaired) electrons. The molecule has 1 aromatic rings. The van der Waals surface area contributed by atoms with E-state index >= 15 is 0 Å². The number of rotatable bonds is 1. The fourth-order valence-electron chi connectivity index (χ4n) is 1.43. The van der Waals surface area contributed by atoms with Crippen molar-refractivity contribution in [1.29, 1.82) is 0 Å². The third-order valence-corrected chi connectivity index (χ3v) is 2.50. The first-order chi connectivity index (χ1) is 6.03. The molecule has 1 aliphatic carbocycles. The lowest BCUT2D eigenvalue weighted by molar-refractivity contribution is 0.147. The van der Waals surface area contributed by atoms with E-state index in [1.54, 1.807) is 6.92 Å². The summed E-state index contributed by atoms with van der Waals surface area (Å²) in [6.07, 6.45) is 1.20. The van der Waals surface area contributed by atoms with Gasteiger partial charge in [-0.15, -0.1) is 0 Å². The molecule has 2 rings (SSSR count). The Morgan fingerprint density at radius 2 is 2.00 bits per heavy atom. The van der Waals surface area contributed by atoms with E-state index in [-0.39, 0.29) is 11.6 Å². The average Bonchev–Trinajstić information content (AvgIpc) is 2.77. The van der Waals surface area contributed by atoms with Crippen LogP contribution in [0.5, 0.6) is 5.75 Å². The van der Waals surface area contributed by atoms with Crippen molar-refractivity contribution in [2.24, 2.45) is 0 Å². The van der Waals surface area contributed by atoms with Crippen molar-refractivity contribution in [3.63, 3.8) is 0 Å². The topological polar surface area (TPSA) is 40.5 Å². The Labute approximate surface area is 75.6 Å². The zero-order valence-corrected chi connectivity index (χ0v) is 7.34. The molecule has 0 atom stereocenters. The Balaban J connectivity index is 2.52. The van der Waals surface area contributed by atoms with E-state index in [2.05, 4.69) is 0 Å². The largest absolute Gasteiger partial charge is 0.508 e. The van der Waals surface area contributed by atoms with Gasteiger partial charge in [0.05, 0.1) is 5.60 Å². The van der Waals surface area contributed by atoms with Gasteiger partial charge in [0, 0.05) is 5.56 Å². The highest BCUT2D eigenvalue weighted by atomic mass is 19.1. The monoisotopic (exact) mass is 182 g/mol. The number of phenolic OH excluding ortho intramolecular Hbond substituents is 1. The van der Waals surface area contributed by atoms with Gasteiger partial charge in [-0.05, 0) is 37.5 Å². The van der Waals surface area contributed by atoms with Crippen molar-refractivity contribution in [2.45, 2.75) is 25.4 Å². The van der Waals surface area contributed by atoms with Crippen LogP contribution in [0.4, 0.5) is 4.39 Å². The van der Waals surface area contributed by atoms with Crippen LogP contribution < -0.4 is 0 Å². The number of halogens is 1. The smallest absolute Gasteiger partial charge is 0.126 e. The van der Waals surface area contributed by atoms with Crippen LogP contribution in [-0.4, -0.2) is 10.2 Å². The number of benzene rings is 1. The minimum absolute atomic E-state index is 0.0149.